The molecule has 0 amide bonds. The van der Waals surface area contributed by atoms with Gasteiger partial charge in [-0.2, -0.15) is 8.78 Å². The predicted octanol–water partition coefficient (Wildman–Crippen LogP) is 3.75. The Balaban J connectivity index is 1.46. The number of likely N-dealkylation sites (tertiary alicyclic amines) is 1. The Morgan fingerprint density at radius 1 is 1.14 bits per heavy atom. The maximum absolute atomic E-state index is 13.7. The number of para-hydroxylation sites is 1. The van der Waals surface area contributed by atoms with Crippen LogP contribution in [0.2, 0.25) is 0 Å². The lowest BCUT2D eigenvalue weighted by atomic mass is 10.1. The molecule has 1 aliphatic rings. The van der Waals surface area contributed by atoms with Crippen molar-refractivity contribution in [1.82, 2.24) is 24.5 Å². The summed E-state index contributed by atoms with van der Waals surface area (Å²) in [6.07, 6.45) is 1.72. The molecule has 4 aromatic rings. The number of alkyl halides is 2. The van der Waals surface area contributed by atoms with Gasteiger partial charge in [0.2, 0.25) is 15.9 Å². The van der Waals surface area contributed by atoms with Gasteiger partial charge in [0.05, 0.1) is 23.2 Å². The van der Waals surface area contributed by atoms with Crippen LogP contribution in [0.5, 0.6) is 0 Å². The molecular formula is C23H24F2N6O3S. The van der Waals surface area contributed by atoms with Crippen LogP contribution in [-0.4, -0.2) is 58.3 Å². The molecule has 0 saturated carbocycles. The zero-order valence-electron chi connectivity index (χ0n) is 19.0. The smallest absolute Gasteiger partial charge is 0.314 e. The Kier molecular flexibility index (Phi) is 6.24. The summed E-state index contributed by atoms with van der Waals surface area (Å²) in [5, 5.41) is 6.56. The topological polar surface area (TPSA) is 96.8 Å². The molecule has 1 aliphatic heterocycles. The number of halogens is 2. The molecule has 4 heterocycles. The van der Waals surface area contributed by atoms with E-state index in [9.17, 15) is 17.2 Å². The monoisotopic (exact) mass is 502 g/mol. The highest BCUT2D eigenvalue weighted by atomic mass is 32.2. The number of benzene rings is 1. The number of rotatable bonds is 7. The number of aromatic nitrogens is 4. The normalized spacial score (nSPS) is 15.8. The zero-order valence-corrected chi connectivity index (χ0v) is 19.8. The quantitative estimate of drug-likeness (QED) is 0.380. The number of nitrogens with zero attached hydrogens (tertiary/aromatic N) is 6. The molecule has 1 aromatic carbocycles. The third kappa shape index (κ3) is 4.76. The summed E-state index contributed by atoms with van der Waals surface area (Å²) in [6.45, 7) is 1.52. The minimum absolute atomic E-state index is 0.0388. The summed E-state index contributed by atoms with van der Waals surface area (Å²) in [4.78, 5) is 6.72. The standard InChI is InChI=1S/C23H24F2N6O3S/c1-29-10-8-19(9-11-29)35(32,33)31(18-5-3-2-4-6-18)15-17-14-30-12-7-16(13-20(30)26-17)22-27-28-23(34-22)21(24)25/h2-7,12-14,19,21H,8-11,15H2,1H3. The molecule has 9 nitrogen and oxygen atoms in total. The molecular weight excluding hydrogens is 478 g/mol. The van der Waals surface area contributed by atoms with Crippen molar-refractivity contribution < 1.29 is 21.6 Å². The Morgan fingerprint density at radius 3 is 2.57 bits per heavy atom. The van der Waals surface area contributed by atoms with Crippen molar-refractivity contribution in [2.24, 2.45) is 0 Å². The van der Waals surface area contributed by atoms with Crippen molar-refractivity contribution in [3.8, 4) is 11.5 Å². The third-order valence-electron chi connectivity index (χ3n) is 6.13. The molecule has 0 bridgehead atoms. The van der Waals surface area contributed by atoms with Crippen LogP contribution in [0, 0.1) is 0 Å². The highest BCUT2D eigenvalue weighted by molar-refractivity contribution is 7.93. The molecule has 35 heavy (non-hydrogen) atoms. The van der Waals surface area contributed by atoms with Gasteiger partial charge < -0.3 is 13.7 Å². The van der Waals surface area contributed by atoms with Gasteiger partial charge in [-0.15, -0.1) is 10.2 Å². The Morgan fingerprint density at radius 2 is 1.89 bits per heavy atom. The predicted molar refractivity (Wildman–Crippen MR) is 126 cm³/mol. The number of pyridine rings is 1. The molecule has 1 saturated heterocycles. The highest BCUT2D eigenvalue weighted by Gasteiger charge is 2.35. The summed E-state index contributed by atoms with van der Waals surface area (Å²) in [5.74, 6) is -0.787. The van der Waals surface area contributed by atoms with Crippen LogP contribution in [0.15, 0.2) is 59.3 Å². The molecule has 0 spiro atoms. The van der Waals surface area contributed by atoms with Gasteiger partial charge in [0.15, 0.2) is 0 Å². The van der Waals surface area contributed by atoms with E-state index in [2.05, 4.69) is 20.1 Å². The lowest BCUT2D eigenvalue weighted by Gasteiger charge is -2.33. The summed E-state index contributed by atoms with van der Waals surface area (Å²) in [5.41, 5.74) is 2.06. The lowest BCUT2D eigenvalue weighted by molar-refractivity contribution is 0.116. The fourth-order valence-corrected chi connectivity index (χ4v) is 6.11. The summed E-state index contributed by atoms with van der Waals surface area (Å²) in [7, 11) is -1.65. The highest BCUT2D eigenvalue weighted by Crippen LogP contribution is 2.28. The second-order valence-electron chi connectivity index (χ2n) is 8.55. The van der Waals surface area contributed by atoms with E-state index in [-0.39, 0.29) is 12.4 Å². The fourth-order valence-electron chi connectivity index (χ4n) is 4.22. The number of sulfonamides is 1. The van der Waals surface area contributed by atoms with Gasteiger partial charge in [0, 0.05) is 18.0 Å². The molecule has 0 N–H and O–H groups in total. The molecule has 12 heteroatoms. The Hall–Kier alpha value is -3.38. The van der Waals surface area contributed by atoms with E-state index in [0.29, 0.717) is 35.4 Å². The van der Waals surface area contributed by atoms with Gasteiger partial charge in [0.1, 0.15) is 5.65 Å². The van der Waals surface area contributed by atoms with E-state index >= 15 is 0 Å². The number of anilines is 1. The van der Waals surface area contributed by atoms with E-state index in [1.807, 2.05) is 13.1 Å². The minimum Gasteiger partial charge on any atom is -0.415 e. The Labute approximate surface area is 201 Å². The molecule has 0 radical (unpaired) electrons. The van der Waals surface area contributed by atoms with Crippen LogP contribution in [0.1, 0.15) is 30.9 Å². The minimum atomic E-state index is -3.64. The average Bonchev–Trinajstić information content (AvgIpc) is 3.50. The van der Waals surface area contributed by atoms with Gasteiger partial charge in [0.25, 0.3) is 5.89 Å². The van der Waals surface area contributed by atoms with Crippen LogP contribution in [-0.2, 0) is 16.6 Å². The molecule has 5 rings (SSSR count). The van der Waals surface area contributed by atoms with Crippen LogP contribution < -0.4 is 4.31 Å². The molecule has 1 fully saturated rings. The van der Waals surface area contributed by atoms with Crippen LogP contribution in [0.4, 0.5) is 14.5 Å². The Bertz CT molecular complexity index is 1420. The number of hydrogen-bond donors (Lipinski definition) is 0. The van der Waals surface area contributed by atoms with Crippen molar-refractivity contribution in [1.29, 1.82) is 0 Å². The van der Waals surface area contributed by atoms with Crippen LogP contribution in [0.25, 0.3) is 17.1 Å². The van der Waals surface area contributed by atoms with Gasteiger partial charge in [-0.1, -0.05) is 18.2 Å². The summed E-state index contributed by atoms with van der Waals surface area (Å²) >= 11 is 0. The van der Waals surface area contributed by atoms with Gasteiger partial charge in [-0.25, -0.2) is 13.4 Å². The number of hydrogen-bond acceptors (Lipinski definition) is 7. The number of fused-ring (bicyclic) bond motifs is 1. The van der Waals surface area contributed by atoms with E-state index < -0.39 is 27.6 Å². The lowest BCUT2D eigenvalue weighted by Crippen LogP contribution is -2.44. The van der Waals surface area contributed by atoms with E-state index in [1.54, 1.807) is 53.2 Å². The largest absolute Gasteiger partial charge is 0.415 e. The maximum atomic E-state index is 13.7. The number of imidazole rings is 1. The third-order valence-corrected chi connectivity index (χ3v) is 8.40. The average molecular weight is 503 g/mol. The van der Waals surface area contributed by atoms with Gasteiger partial charge in [-0.05, 0) is 57.2 Å². The van der Waals surface area contributed by atoms with E-state index in [1.165, 1.54) is 4.31 Å². The molecule has 0 aliphatic carbocycles. The zero-order chi connectivity index (χ0) is 24.6. The van der Waals surface area contributed by atoms with E-state index in [0.717, 1.165) is 13.1 Å². The summed E-state index contributed by atoms with van der Waals surface area (Å²) < 4.78 is 61.2. The van der Waals surface area contributed by atoms with Crippen molar-refractivity contribution in [2.45, 2.75) is 31.1 Å². The second-order valence-corrected chi connectivity index (χ2v) is 10.7. The number of piperidine rings is 1. The molecule has 184 valence electrons. The van der Waals surface area contributed by atoms with Crippen LogP contribution in [0.3, 0.4) is 0 Å². The van der Waals surface area contributed by atoms with Crippen molar-refractivity contribution in [3.63, 3.8) is 0 Å². The summed E-state index contributed by atoms with van der Waals surface area (Å²) in [6, 6.07) is 12.3. The van der Waals surface area contributed by atoms with Gasteiger partial charge >= 0.3 is 6.43 Å². The molecule has 0 unspecified atom stereocenters. The van der Waals surface area contributed by atoms with Crippen molar-refractivity contribution in [2.75, 3.05) is 24.4 Å². The van der Waals surface area contributed by atoms with Crippen LogP contribution >= 0.6 is 0 Å². The first-order valence-electron chi connectivity index (χ1n) is 11.2. The first-order chi connectivity index (χ1) is 16.8. The maximum Gasteiger partial charge on any atom is 0.314 e. The second kappa shape index (κ2) is 9.34. The first kappa shape index (κ1) is 23.4. The molecule has 0 atom stereocenters. The molecule has 3 aromatic heterocycles. The SMILES string of the molecule is CN1CCC(S(=O)(=O)N(Cc2cn3ccc(-c4nnc(C(F)F)o4)cc3n2)c2ccccc2)CC1. The first-order valence-corrected chi connectivity index (χ1v) is 12.7. The van der Waals surface area contributed by atoms with Crippen molar-refractivity contribution >= 4 is 21.4 Å². The van der Waals surface area contributed by atoms with E-state index in [4.69, 9.17) is 4.42 Å². The van der Waals surface area contributed by atoms with Gasteiger partial charge in [-0.3, -0.25) is 4.31 Å². The fraction of sp³-hybridized carbons (Fsp3) is 0.348. The van der Waals surface area contributed by atoms with Crippen molar-refractivity contribution in [3.05, 3.63) is 66.4 Å².